The van der Waals surface area contributed by atoms with E-state index in [4.69, 9.17) is 9.15 Å². The minimum Gasteiger partial charge on any atom is -0.486 e. The predicted molar refractivity (Wildman–Crippen MR) is 117 cm³/mol. The zero-order valence-corrected chi connectivity index (χ0v) is 18.3. The molecule has 0 saturated carbocycles. The smallest absolute Gasteiger partial charge is 0.291 e. The number of benzene rings is 2. The lowest BCUT2D eigenvalue weighted by Gasteiger charge is -2.17. The van der Waals surface area contributed by atoms with E-state index in [0.717, 1.165) is 4.47 Å². The summed E-state index contributed by atoms with van der Waals surface area (Å²) in [6.45, 7) is 0.636. The van der Waals surface area contributed by atoms with E-state index in [1.165, 1.54) is 4.31 Å². The molecule has 0 spiro atoms. The van der Waals surface area contributed by atoms with E-state index in [9.17, 15) is 13.2 Å². The zero-order valence-electron chi connectivity index (χ0n) is 15.9. The highest BCUT2D eigenvalue weighted by Gasteiger charge is 2.28. The van der Waals surface area contributed by atoms with Crippen molar-refractivity contribution in [1.82, 2.24) is 0 Å². The van der Waals surface area contributed by atoms with E-state index >= 15 is 0 Å². The van der Waals surface area contributed by atoms with Crippen LogP contribution in [0.1, 0.15) is 22.7 Å². The molecule has 1 N–H and O–H groups in total. The zero-order chi connectivity index (χ0) is 21.1. The summed E-state index contributed by atoms with van der Waals surface area (Å²) in [6.07, 6.45) is 0.594. The van der Waals surface area contributed by atoms with Gasteiger partial charge in [0.1, 0.15) is 18.1 Å². The van der Waals surface area contributed by atoms with Crippen LogP contribution in [0.15, 0.2) is 69.6 Å². The van der Waals surface area contributed by atoms with Crippen molar-refractivity contribution in [3.63, 3.8) is 0 Å². The Kier molecular flexibility index (Phi) is 5.83. The molecule has 0 bridgehead atoms. The lowest BCUT2D eigenvalue weighted by atomic mass is 10.2. The number of nitrogens with zero attached hydrogens (tertiary/aromatic N) is 1. The number of anilines is 2. The maximum atomic E-state index is 12.5. The van der Waals surface area contributed by atoms with Crippen molar-refractivity contribution in [2.24, 2.45) is 0 Å². The molecule has 4 rings (SSSR count). The fraction of sp³-hybridized carbons (Fsp3) is 0.190. The molecule has 1 saturated heterocycles. The van der Waals surface area contributed by atoms with E-state index in [-0.39, 0.29) is 18.1 Å². The molecule has 2 heterocycles. The van der Waals surface area contributed by atoms with Crippen molar-refractivity contribution in [2.75, 3.05) is 21.9 Å². The molecular formula is C21H19BrN2O5S. The van der Waals surface area contributed by atoms with E-state index in [1.54, 1.807) is 36.4 Å². The third kappa shape index (κ3) is 4.68. The summed E-state index contributed by atoms with van der Waals surface area (Å²) >= 11 is 3.37. The Morgan fingerprint density at radius 2 is 1.93 bits per heavy atom. The number of furan rings is 1. The number of hydrogen-bond acceptors (Lipinski definition) is 5. The highest BCUT2D eigenvalue weighted by atomic mass is 79.9. The van der Waals surface area contributed by atoms with Gasteiger partial charge in [0.2, 0.25) is 10.0 Å². The standard InChI is InChI=1S/C21H19BrN2O5S/c22-15-5-7-18(8-6-15)28-14-19-9-10-20(29-19)21(25)23-16-3-1-4-17(13-16)24-11-2-12-30(24,26)27/h1,3-10,13H,2,11-12,14H2,(H,23,25). The van der Waals surface area contributed by atoms with Crippen LogP contribution in [0.5, 0.6) is 5.75 Å². The second kappa shape index (κ2) is 8.53. The average Bonchev–Trinajstić information content (AvgIpc) is 3.34. The number of amides is 1. The predicted octanol–water partition coefficient (Wildman–Crippen LogP) is 4.41. The lowest BCUT2D eigenvalue weighted by molar-refractivity contribution is 0.0992. The molecule has 7 nitrogen and oxygen atoms in total. The monoisotopic (exact) mass is 490 g/mol. The molecule has 2 aromatic carbocycles. The van der Waals surface area contributed by atoms with Crippen molar-refractivity contribution in [3.8, 4) is 5.75 Å². The van der Waals surface area contributed by atoms with Crippen LogP contribution in [0.3, 0.4) is 0 Å². The molecule has 1 fully saturated rings. The Morgan fingerprint density at radius 1 is 1.13 bits per heavy atom. The first kappa shape index (κ1) is 20.5. The average molecular weight is 491 g/mol. The topological polar surface area (TPSA) is 88.9 Å². The molecule has 1 aromatic heterocycles. The van der Waals surface area contributed by atoms with Gasteiger partial charge in [0.25, 0.3) is 5.91 Å². The van der Waals surface area contributed by atoms with Crippen molar-refractivity contribution in [2.45, 2.75) is 13.0 Å². The van der Waals surface area contributed by atoms with E-state index < -0.39 is 15.9 Å². The first-order valence-electron chi connectivity index (χ1n) is 9.30. The maximum Gasteiger partial charge on any atom is 0.291 e. The quantitative estimate of drug-likeness (QED) is 0.552. The van der Waals surface area contributed by atoms with Crippen molar-refractivity contribution in [1.29, 1.82) is 0 Å². The molecule has 9 heteroatoms. The fourth-order valence-corrected chi connectivity index (χ4v) is 4.94. The van der Waals surface area contributed by atoms with Crippen LogP contribution in [-0.2, 0) is 16.6 Å². The van der Waals surface area contributed by atoms with Crippen molar-refractivity contribution in [3.05, 3.63) is 76.7 Å². The van der Waals surface area contributed by atoms with Crippen LogP contribution in [0, 0.1) is 0 Å². The Balaban J connectivity index is 1.40. The van der Waals surface area contributed by atoms with E-state index in [1.807, 2.05) is 24.3 Å². The molecular weight excluding hydrogens is 472 g/mol. The molecule has 30 heavy (non-hydrogen) atoms. The summed E-state index contributed by atoms with van der Waals surface area (Å²) in [4.78, 5) is 12.5. The van der Waals surface area contributed by atoms with Crippen LogP contribution < -0.4 is 14.4 Å². The van der Waals surface area contributed by atoms with Gasteiger partial charge in [-0.05, 0) is 61.0 Å². The first-order valence-corrected chi connectivity index (χ1v) is 11.7. The molecule has 0 radical (unpaired) electrons. The van der Waals surface area contributed by atoms with Gasteiger partial charge in [-0.15, -0.1) is 0 Å². The molecule has 3 aromatic rings. The second-order valence-corrected chi connectivity index (χ2v) is 9.68. The van der Waals surface area contributed by atoms with Gasteiger partial charge in [-0.2, -0.15) is 0 Å². The third-order valence-electron chi connectivity index (χ3n) is 4.57. The third-order valence-corrected chi connectivity index (χ3v) is 6.97. The Labute approximate surface area is 182 Å². The van der Waals surface area contributed by atoms with Crippen molar-refractivity contribution < 1.29 is 22.4 Å². The van der Waals surface area contributed by atoms with Crippen LogP contribution in [0.2, 0.25) is 0 Å². The number of hydrogen-bond donors (Lipinski definition) is 1. The van der Waals surface area contributed by atoms with Crippen LogP contribution >= 0.6 is 15.9 Å². The molecule has 1 amide bonds. The number of rotatable bonds is 6. The minimum atomic E-state index is -3.28. The molecule has 1 aliphatic rings. The summed E-state index contributed by atoms with van der Waals surface area (Å²) in [7, 11) is -3.28. The molecule has 1 aliphatic heterocycles. The number of sulfonamides is 1. The van der Waals surface area contributed by atoms with Gasteiger partial charge in [-0.1, -0.05) is 22.0 Å². The van der Waals surface area contributed by atoms with Gasteiger partial charge < -0.3 is 14.5 Å². The summed E-state index contributed by atoms with van der Waals surface area (Å²) in [5.41, 5.74) is 1.02. The number of carbonyl (C=O) groups excluding carboxylic acids is 1. The first-order chi connectivity index (χ1) is 14.4. The van der Waals surface area contributed by atoms with Crippen molar-refractivity contribution >= 4 is 43.2 Å². The summed E-state index contributed by atoms with van der Waals surface area (Å²) in [5, 5.41) is 2.74. The molecule has 0 atom stereocenters. The number of carbonyl (C=O) groups is 1. The van der Waals surface area contributed by atoms with E-state index in [2.05, 4.69) is 21.2 Å². The highest BCUT2D eigenvalue weighted by molar-refractivity contribution is 9.10. The largest absolute Gasteiger partial charge is 0.486 e. The van der Waals surface area contributed by atoms with Crippen LogP contribution in [-0.4, -0.2) is 26.6 Å². The van der Waals surface area contributed by atoms with Gasteiger partial charge in [0, 0.05) is 16.7 Å². The summed E-state index contributed by atoms with van der Waals surface area (Å²) in [5.74, 6) is 1.06. The maximum absolute atomic E-state index is 12.5. The minimum absolute atomic E-state index is 0.140. The molecule has 0 aliphatic carbocycles. The van der Waals surface area contributed by atoms with Gasteiger partial charge in [0.05, 0.1) is 11.4 Å². The highest BCUT2D eigenvalue weighted by Crippen LogP contribution is 2.27. The van der Waals surface area contributed by atoms with E-state index in [0.29, 0.717) is 35.9 Å². The molecule has 156 valence electrons. The van der Waals surface area contributed by atoms with Gasteiger partial charge in [-0.25, -0.2) is 8.42 Å². The number of halogens is 1. The lowest BCUT2D eigenvalue weighted by Crippen LogP contribution is -2.25. The van der Waals surface area contributed by atoms with Crippen LogP contribution in [0.4, 0.5) is 11.4 Å². The Morgan fingerprint density at radius 3 is 2.67 bits per heavy atom. The van der Waals surface area contributed by atoms with Gasteiger partial charge >= 0.3 is 0 Å². The summed E-state index contributed by atoms with van der Waals surface area (Å²) in [6, 6.07) is 17.4. The molecule has 0 unspecified atom stereocenters. The Hall–Kier alpha value is -2.78. The number of nitrogens with one attached hydrogen (secondary N) is 1. The van der Waals surface area contributed by atoms with Gasteiger partial charge in [0.15, 0.2) is 5.76 Å². The summed E-state index contributed by atoms with van der Waals surface area (Å²) < 4.78 is 37.8. The van der Waals surface area contributed by atoms with Gasteiger partial charge in [-0.3, -0.25) is 9.10 Å². The van der Waals surface area contributed by atoms with Crippen LogP contribution in [0.25, 0.3) is 0 Å². The normalized spacial score (nSPS) is 15.2. The number of ether oxygens (including phenoxy) is 1. The second-order valence-electron chi connectivity index (χ2n) is 6.75. The SMILES string of the molecule is O=C(Nc1cccc(N2CCCS2(=O)=O)c1)c1ccc(COc2ccc(Br)cc2)o1. The Bertz CT molecular complexity index is 1160. The fourth-order valence-electron chi connectivity index (χ4n) is 3.12.